The smallest absolute Gasteiger partial charge is 0.0832 e. The van der Waals surface area contributed by atoms with E-state index in [0.29, 0.717) is 42.4 Å². The topological polar surface area (TPSA) is 101 Å². The molecule has 4 rings (SSSR count). The molecule has 0 aromatic carbocycles. The fourth-order valence-electron chi connectivity index (χ4n) is 10.1. The third kappa shape index (κ3) is 4.10. The van der Waals surface area contributed by atoms with E-state index in [1.165, 1.54) is 0 Å². The predicted molar refractivity (Wildman–Crippen MR) is 134 cm³/mol. The first-order chi connectivity index (χ1) is 15.9. The molecule has 0 amide bonds. The minimum atomic E-state index is -0.722. The second-order valence-corrected chi connectivity index (χ2v) is 13.8. The molecule has 0 aliphatic heterocycles. The Morgan fingerprint density at radius 1 is 0.765 bits per heavy atom. The van der Waals surface area contributed by atoms with Crippen molar-refractivity contribution >= 4 is 0 Å². The summed E-state index contributed by atoms with van der Waals surface area (Å²) in [6, 6.07) is 0. The lowest BCUT2D eigenvalue weighted by Crippen LogP contribution is -2.60. The molecule has 5 N–H and O–H groups in total. The summed E-state index contributed by atoms with van der Waals surface area (Å²) < 4.78 is 0. The molecule has 5 nitrogen and oxygen atoms in total. The second-order valence-electron chi connectivity index (χ2n) is 13.8. The van der Waals surface area contributed by atoms with Gasteiger partial charge in [0, 0.05) is 0 Å². The van der Waals surface area contributed by atoms with Crippen LogP contribution in [-0.4, -0.2) is 56.1 Å². The maximum Gasteiger partial charge on any atom is 0.0832 e. The zero-order chi connectivity index (χ0) is 25.2. The van der Waals surface area contributed by atoms with Gasteiger partial charge >= 0.3 is 0 Å². The van der Waals surface area contributed by atoms with Gasteiger partial charge in [0.2, 0.25) is 0 Å². The van der Waals surface area contributed by atoms with E-state index in [1.807, 2.05) is 0 Å². The van der Waals surface area contributed by atoms with Crippen molar-refractivity contribution in [1.82, 2.24) is 0 Å². The average Bonchev–Trinajstić information content (AvgIpc) is 3.12. The van der Waals surface area contributed by atoms with Gasteiger partial charge in [-0.3, -0.25) is 0 Å². The maximum atomic E-state index is 11.3. The van der Waals surface area contributed by atoms with Gasteiger partial charge in [-0.05, 0) is 103 Å². The molecule has 0 aromatic rings. The Kier molecular flexibility index (Phi) is 7.58. The molecule has 0 heterocycles. The van der Waals surface area contributed by atoms with Crippen LogP contribution in [0.2, 0.25) is 0 Å². The lowest BCUT2D eigenvalue weighted by atomic mass is 9.43. The number of hydrogen-bond acceptors (Lipinski definition) is 5. The van der Waals surface area contributed by atoms with Gasteiger partial charge in [0.15, 0.2) is 0 Å². The molecule has 5 heteroatoms. The van der Waals surface area contributed by atoms with Crippen LogP contribution in [0.25, 0.3) is 0 Å². The molecule has 4 aliphatic carbocycles. The van der Waals surface area contributed by atoms with Crippen molar-refractivity contribution in [2.75, 3.05) is 0 Å². The number of aliphatic hydroxyl groups is 5. The van der Waals surface area contributed by atoms with Crippen molar-refractivity contribution in [2.24, 2.45) is 58.2 Å². The van der Waals surface area contributed by atoms with Crippen molar-refractivity contribution in [1.29, 1.82) is 0 Å². The summed E-state index contributed by atoms with van der Waals surface area (Å²) in [5, 5.41) is 54.4. The van der Waals surface area contributed by atoms with Gasteiger partial charge in [-0.15, -0.1) is 0 Å². The summed E-state index contributed by atoms with van der Waals surface area (Å²) in [7, 11) is 0. The molecule has 0 unspecified atom stereocenters. The molecule has 4 saturated carbocycles. The SMILES string of the molecule is CC[C@@H](C(C)C)[C@@H](O)[C@H](O)[C@@H](C)[C@H]1CC[C@H]2[C@@H]3C[C@H](O)[C@H]4C[C@H](O)[C@H](O)C[C@]4(C)[C@H]3CC[C@]12C. The highest BCUT2D eigenvalue weighted by Gasteiger charge is 2.63. The van der Waals surface area contributed by atoms with E-state index in [-0.39, 0.29) is 28.6 Å². The highest BCUT2D eigenvalue weighted by Crippen LogP contribution is 2.68. The van der Waals surface area contributed by atoms with Gasteiger partial charge in [0.1, 0.15) is 0 Å². The van der Waals surface area contributed by atoms with Gasteiger partial charge in [-0.2, -0.15) is 0 Å². The molecule has 0 saturated heterocycles. The van der Waals surface area contributed by atoms with E-state index >= 15 is 0 Å². The van der Waals surface area contributed by atoms with E-state index in [9.17, 15) is 25.5 Å². The Balaban J connectivity index is 1.54. The fraction of sp³-hybridized carbons (Fsp3) is 1.00. The zero-order valence-electron chi connectivity index (χ0n) is 22.4. The van der Waals surface area contributed by atoms with Gasteiger partial charge in [0.05, 0.1) is 30.5 Å². The molecule has 0 aromatic heterocycles. The molecule has 4 aliphatic rings. The van der Waals surface area contributed by atoms with E-state index < -0.39 is 30.5 Å². The molecular weight excluding hydrogens is 428 g/mol. The van der Waals surface area contributed by atoms with Gasteiger partial charge in [-0.25, -0.2) is 0 Å². The summed E-state index contributed by atoms with van der Waals surface area (Å²) in [6.07, 6.45) is 3.91. The lowest BCUT2D eigenvalue weighted by molar-refractivity contribution is -0.197. The predicted octanol–water partition coefficient (Wildman–Crippen LogP) is 3.99. The average molecular weight is 481 g/mol. The Morgan fingerprint density at radius 2 is 1.41 bits per heavy atom. The third-order valence-electron chi connectivity index (χ3n) is 12.1. The molecule has 0 radical (unpaired) electrons. The van der Waals surface area contributed by atoms with E-state index in [0.717, 1.165) is 38.5 Å². The van der Waals surface area contributed by atoms with Crippen LogP contribution in [0.5, 0.6) is 0 Å². The number of rotatable bonds is 6. The van der Waals surface area contributed by atoms with Crippen LogP contribution in [0.1, 0.15) is 92.9 Å². The van der Waals surface area contributed by atoms with Gasteiger partial charge < -0.3 is 25.5 Å². The minimum Gasteiger partial charge on any atom is -0.393 e. The van der Waals surface area contributed by atoms with Crippen molar-refractivity contribution in [3.63, 3.8) is 0 Å². The first-order valence-corrected chi connectivity index (χ1v) is 14.3. The summed E-state index contributed by atoms with van der Waals surface area (Å²) in [6.45, 7) is 13.2. The summed E-state index contributed by atoms with van der Waals surface area (Å²) in [5.41, 5.74) is -0.0239. The zero-order valence-corrected chi connectivity index (χ0v) is 22.4. The fourth-order valence-corrected chi connectivity index (χ4v) is 10.1. The molecule has 14 atom stereocenters. The lowest BCUT2D eigenvalue weighted by Gasteiger charge is -2.63. The Morgan fingerprint density at radius 3 is 2.03 bits per heavy atom. The Bertz CT molecular complexity index is 713. The van der Waals surface area contributed by atoms with Gasteiger partial charge in [0.25, 0.3) is 0 Å². The van der Waals surface area contributed by atoms with Crippen LogP contribution in [0, 0.1) is 58.2 Å². The van der Waals surface area contributed by atoms with Crippen LogP contribution in [0.15, 0.2) is 0 Å². The number of fused-ring (bicyclic) bond motifs is 5. The minimum absolute atomic E-state index is 0.0397. The molecule has 0 bridgehead atoms. The molecular formula is C29H52O5. The standard InChI is InChI=1S/C29H52O5/c1-7-17(15(2)3)27(34)26(33)16(4)19-8-9-20-18-12-23(30)22-13-24(31)25(32)14-29(22,6)21(18)10-11-28(19,20)5/h15-27,30-34H,7-14H2,1-6H3/t16-,17-,18-,19+,20-,21-,22+,23-,24-,25+,26+,27+,28+,29+/m0/s1. The summed E-state index contributed by atoms with van der Waals surface area (Å²) in [5.74, 6) is 2.32. The van der Waals surface area contributed by atoms with Crippen LogP contribution >= 0.6 is 0 Å². The molecule has 198 valence electrons. The van der Waals surface area contributed by atoms with Crippen molar-refractivity contribution in [3.8, 4) is 0 Å². The van der Waals surface area contributed by atoms with Crippen molar-refractivity contribution in [2.45, 2.75) is 123 Å². The Hall–Kier alpha value is -0.200. The highest BCUT2D eigenvalue weighted by molar-refractivity contribution is 5.12. The maximum absolute atomic E-state index is 11.3. The summed E-state index contributed by atoms with van der Waals surface area (Å²) in [4.78, 5) is 0. The van der Waals surface area contributed by atoms with Crippen LogP contribution < -0.4 is 0 Å². The normalized spacial score (nSPS) is 50.1. The second kappa shape index (κ2) is 9.59. The van der Waals surface area contributed by atoms with Gasteiger partial charge in [-0.1, -0.05) is 48.0 Å². The molecule has 34 heavy (non-hydrogen) atoms. The first kappa shape index (κ1) is 26.9. The quantitative estimate of drug-likeness (QED) is 0.396. The van der Waals surface area contributed by atoms with E-state index in [4.69, 9.17) is 0 Å². The van der Waals surface area contributed by atoms with Crippen LogP contribution in [0.4, 0.5) is 0 Å². The first-order valence-electron chi connectivity index (χ1n) is 14.3. The molecule has 4 fully saturated rings. The largest absolute Gasteiger partial charge is 0.393 e. The van der Waals surface area contributed by atoms with Crippen molar-refractivity contribution < 1.29 is 25.5 Å². The van der Waals surface area contributed by atoms with E-state index in [2.05, 4.69) is 41.5 Å². The van der Waals surface area contributed by atoms with E-state index in [1.54, 1.807) is 0 Å². The Labute approximate surface area is 207 Å². The monoisotopic (exact) mass is 480 g/mol. The third-order valence-corrected chi connectivity index (χ3v) is 12.1. The summed E-state index contributed by atoms with van der Waals surface area (Å²) >= 11 is 0. The number of hydrogen-bond donors (Lipinski definition) is 5. The number of aliphatic hydroxyl groups excluding tert-OH is 5. The van der Waals surface area contributed by atoms with Crippen LogP contribution in [0.3, 0.4) is 0 Å². The highest BCUT2D eigenvalue weighted by atomic mass is 16.3. The molecule has 0 spiro atoms. The van der Waals surface area contributed by atoms with Crippen LogP contribution in [-0.2, 0) is 0 Å². The van der Waals surface area contributed by atoms with Crippen molar-refractivity contribution in [3.05, 3.63) is 0 Å².